The molecule has 6 nitrogen and oxygen atoms in total. The van der Waals surface area contributed by atoms with Crippen LogP contribution < -0.4 is 10.1 Å². The van der Waals surface area contributed by atoms with Crippen LogP contribution in [0.15, 0.2) is 41.3 Å². The smallest absolute Gasteiger partial charge is 0.294 e. The largest absolute Gasteiger partial charge is 0.494 e. The van der Waals surface area contributed by atoms with E-state index in [0.717, 1.165) is 4.90 Å². The molecule has 3 rings (SSSR count). The van der Waals surface area contributed by atoms with Crippen LogP contribution in [0.5, 0.6) is 5.75 Å². The Balaban J connectivity index is 1.75. The van der Waals surface area contributed by atoms with Gasteiger partial charge in [-0.25, -0.2) is 4.39 Å². The number of para-hydroxylation sites is 1. The predicted molar refractivity (Wildman–Crippen MR) is 111 cm³/mol. The van der Waals surface area contributed by atoms with Crippen molar-refractivity contribution < 1.29 is 23.5 Å². The van der Waals surface area contributed by atoms with Gasteiger partial charge in [0.15, 0.2) is 5.75 Å². The van der Waals surface area contributed by atoms with Gasteiger partial charge in [-0.05, 0) is 47.7 Å². The highest BCUT2D eigenvalue weighted by molar-refractivity contribution is 8.18. The zero-order chi connectivity index (χ0) is 21.1. The molecular formula is C19H13Cl2FN2O4S. The van der Waals surface area contributed by atoms with Crippen LogP contribution in [0, 0.1) is 5.82 Å². The van der Waals surface area contributed by atoms with Gasteiger partial charge in [-0.3, -0.25) is 19.3 Å². The van der Waals surface area contributed by atoms with Crippen molar-refractivity contribution in [3.63, 3.8) is 0 Å². The number of carbonyl (C=O) groups is 3. The topological polar surface area (TPSA) is 75.7 Å². The van der Waals surface area contributed by atoms with E-state index < -0.39 is 29.4 Å². The summed E-state index contributed by atoms with van der Waals surface area (Å²) in [6.45, 7) is -0.541. The average molecular weight is 455 g/mol. The van der Waals surface area contributed by atoms with Crippen LogP contribution in [0.4, 0.5) is 14.9 Å². The number of rotatable bonds is 5. The fourth-order valence-corrected chi connectivity index (χ4v) is 4.04. The van der Waals surface area contributed by atoms with E-state index in [2.05, 4.69) is 5.32 Å². The number of methoxy groups -OCH3 is 1. The molecule has 0 bridgehead atoms. The summed E-state index contributed by atoms with van der Waals surface area (Å²) < 4.78 is 18.7. The van der Waals surface area contributed by atoms with Gasteiger partial charge in [0.1, 0.15) is 12.4 Å². The van der Waals surface area contributed by atoms with E-state index in [1.807, 2.05) is 0 Å². The molecule has 0 atom stereocenters. The number of nitrogens with zero attached hydrogens (tertiary/aromatic N) is 1. The Labute approximate surface area is 179 Å². The van der Waals surface area contributed by atoms with Crippen molar-refractivity contribution >= 4 is 63.8 Å². The third kappa shape index (κ3) is 4.72. The van der Waals surface area contributed by atoms with Crippen molar-refractivity contribution in [1.82, 2.24) is 4.90 Å². The zero-order valence-corrected chi connectivity index (χ0v) is 17.2. The van der Waals surface area contributed by atoms with Gasteiger partial charge in [-0.15, -0.1) is 0 Å². The first-order chi connectivity index (χ1) is 13.8. The molecule has 150 valence electrons. The second-order valence-electron chi connectivity index (χ2n) is 5.81. The van der Waals surface area contributed by atoms with Gasteiger partial charge >= 0.3 is 0 Å². The number of anilines is 1. The Morgan fingerprint density at radius 1 is 1.24 bits per heavy atom. The molecule has 1 aliphatic rings. The fourth-order valence-electron chi connectivity index (χ4n) is 2.54. The SMILES string of the molecule is COc1c(Cl)cc(C=C2SC(=O)N(CC(=O)Nc3ccccc3F)C2=O)cc1Cl. The maximum absolute atomic E-state index is 13.6. The first-order valence-electron chi connectivity index (χ1n) is 8.13. The number of benzene rings is 2. The molecule has 1 N–H and O–H groups in total. The van der Waals surface area contributed by atoms with Gasteiger partial charge in [0, 0.05) is 0 Å². The second kappa shape index (κ2) is 8.86. The van der Waals surface area contributed by atoms with Crippen molar-refractivity contribution in [3.8, 4) is 5.75 Å². The lowest BCUT2D eigenvalue weighted by atomic mass is 10.2. The summed E-state index contributed by atoms with van der Waals surface area (Å²) in [5.41, 5.74) is 0.449. The Kier molecular flexibility index (Phi) is 6.46. The quantitative estimate of drug-likeness (QED) is 0.655. The number of amides is 3. The molecule has 0 aliphatic carbocycles. The number of ether oxygens (including phenoxy) is 1. The van der Waals surface area contributed by atoms with Crippen LogP contribution in [0.25, 0.3) is 6.08 Å². The number of thioether (sulfide) groups is 1. The molecule has 1 heterocycles. The van der Waals surface area contributed by atoms with Gasteiger partial charge in [0.25, 0.3) is 11.1 Å². The summed E-state index contributed by atoms with van der Waals surface area (Å²) in [6, 6.07) is 8.65. The van der Waals surface area contributed by atoms with E-state index >= 15 is 0 Å². The summed E-state index contributed by atoms with van der Waals surface area (Å²) in [7, 11) is 1.42. The lowest BCUT2D eigenvalue weighted by Gasteiger charge is -2.12. The Morgan fingerprint density at radius 2 is 1.90 bits per heavy atom. The van der Waals surface area contributed by atoms with Gasteiger partial charge in [0.2, 0.25) is 5.91 Å². The molecule has 1 saturated heterocycles. The summed E-state index contributed by atoms with van der Waals surface area (Å²) in [5.74, 6) is -1.67. The van der Waals surface area contributed by atoms with Crippen LogP contribution in [-0.4, -0.2) is 35.6 Å². The van der Waals surface area contributed by atoms with Gasteiger partial charge in [0.05, 0.1) is 27.7 Å². The molecule has 0 spiro atoms. The van der Waals surface area contributed by atoms with Crippen molar-refractivity contribution in [2.45, 2.75) is 0 Å². The molecule has 1 fully saturated rings. The molecule has 10 heteroatoms. The molecular weight excluding hydrogens is 442 g/mol. The van der Waals surface area contributed by atoms with Crippen molar-refractivity contribution in [2.24, 2.45) is 0 Å². The molecule has 0 aromatic heterocycles. The fraction of sp³-hybridized carbons (Fsp3) is 0.105. The first kappa shape index (κ1) is 21.2. The van der Waals surface area contributed by atoms with E-state index in [1.54, 1.807) is 6.07 Å². The maximum Gasteiger partial charge on any atom is 0.294 e. The normalized spacial score (nSPS) is 15.2. The minimum absolute atomic E-state index is 0.0393. The van der Waals surface area contributed by atoms with Crippen LogP contribution in [0.3, 0.4) is 0 Å². The molecule has 29 heavy (non-hydrogen) atoms. The predicted octanol–water partition coefficient (Wildman–Crippen LogP) is 4.82. The molecule has 2 aromatic carbocycles. The number of imide groups is 1. The summed E-state index contributed by atoms with van der Waals surface area (Å²) in [6.07, 6.45) is 1.44. The summed E-state index contributed by atoms with van der Waals surface area (Å²) in [5, 5.41) is 2.21. The number of carbonyl (C=O) groups excluding carboxylic acids is 3. The first-order valence-corrected chi connectivity index (χ1v) is 9.70. The Morgan fingerprint density at radius 3 is 2.52 bits per heavy atom. The lowest BCUT2D eigenvalue weighted by Crippen LogP contribution is -2.36. The van der Waals surface area contributed by atoms with E-state index in [1.165, 1.54) is 43.5 Å². The zero-order valence-electron chi connectivity index (χ0n) is 14.9. The maximum atomic E-state index is 13.6. The molecule has 0 unspecified atom stereocenters. The third-order valence-electron chi connectivity index (χ3n) is 3.85. The lowest BCUT2D eigenvalue weighted by molar-refractivity contribution is -0.127. The molecule has 2 aromatic rings. The molecule has 0 saturated carbocycles. The van der Waals surface area contributed by atoms with E-state index in [0.29, 0.717) is 23.1 Å². The van der Waals surface area contributed by atoms with Crippen LogP contribution in [0.2, 0.25) is 10.0 Å². The Hall–Kier alpha value is -2.55. The van der Waals surface area contributed by atoms with E-state index in [4.69, 9.17) is 27.9 Å². The van der Waals surface area contributed by atoms with Gasteiger partial charge in [-0.2, -0.15) is 0 Å². The highest BCUT2D eigenvalue weighted by Gasteiger charge is 2.36. The number of hydrogen-bond donors (Lipinski definition) is 1. The standard InChI is InChI=1S/C19H13Cl2FN2O4S/c1-28-17-11(20)6-10(7-12(17)21)8-15-18(26)24(19(27)29-15)9-16(25)23-14-5-3-2-4-13(14)22/h2-8H,9H2,1H3,(H,23,25). The molecule has 1 aliphatic heterocycles. The third-order valence-corrected chi connectivity index (χ3v) is 5.31. The van der Waals surface area contributed by atoms with Crippen LogP contribution >= 0.6 is 35.0 Å². The van der Waals surface area contributed by atoms with Gasteiger partial charge < -0.3 is 10.1 Å². The Bertz CT molecular complexity index is 1020. The minimum Gasteiger partial charge on any atom is -0.494 e. The van der Waals surface area contributed by atoms with Crippen LogP contribution in [0.1, 0.15) is 5.56 Å². The van der Waals surface area contributed by atoms with E-state index in [-0.39, 0.29) is 20.6 Å². The minimum atomic E-state index is -0.700. The monoisotopic (exact) mass is 454 g/mol. The van der Waals surface area contributed by atoms with Crippen molar-refractivity contribution in [3.05, 3.63) is 62.7 Å². The van der Waals surface area contributed by atoms with Crippen LogP contribution in [-0.2, 0) is 9.59 Å². The highest BCUT2D eigenvalue weighted by Crippen LogP contribution is 2.37. The number of nitrogens with one attached hydrogen (secondary N) is 1. The summed E-state index contributed by atoms with van der Waals surface area (Å²) in [4.78, 5) is 37.7. The molecule has 0 radical (unpaired) electrons. The average Bonchev–Trinajstić information content (AvgIpc) is 2.91. The number of halogens is 3. The number of hydrogen-bond acceptors (Lipinski definition) is 5. The van der Waals surface area contributed by atoms with E-state index in [9.17, 15) is 18.8 Å². The van der Waals surface area contributed by atoms with Crippen molar-refractivity contribution in [2.75, 3.05) is 19.0 Å². The second-order valence-corrected chi connectivity index (χ2v) is 7.62. The molecule has 3 amide bonds. The summed E-state index contributed by atoms with van der Waals surface area (Å²) >= 11 is 12.8. The van der Waals surface area contributed by atoms with Gasteiger partial charge in [-0.1, -0.05) is 35.3 Å². The highest BCUT2D eigenvalue weighted by atomic mass is 35.5. The van der Waals surface area contributed by atoms with Crippen molar-refractivity contribution in [1.29, 1.82) is 0 Å².